The molecule has 1 aliphatic heterocycles. The molecule has 5 heteroatoms. The van der Waals surface area contributed by atoms with E-state index < -0.39 is 0 Å². The molecule has 0 atom stereocenters. The minimum absolute atomic E-state index is 0.0479. The van der Waals surface area contributed by atoms with Gasteiger partial charge in [0.15, 0.2) is 0 Å². The molecule has 4 nitrogen and oxygen atoms in total. The zero-order valence-electron chi connectivity index (χ0n) is 14.4. The lowest BCUT2D eigenvalue weighted by molar-refractivity contribution is 0.0912. The van der Waals surface area contributed by atoms with Gasteiger partial charge in [0.2, 0.25) is 0 Å². The molecule has 1 amide bonds. The summed E-state index contributed by atoms with van der Waals surface area (Å²) in [5, 5.41) is 3.20. The number of hydrogen-bond donors (Lipinski definition) is 1. The lowest BCUT2D eigenvalue weighted by Crippen LogP contribution is -2.44. The minimum atomic E-state index is 0.0479. The van der Waals surface area contributed by atoms with Crippen molar-refractivity contribution in [2.24, 2.45) is 0 Å². The quantitative estimate of drug-likeness (QED) is 0.905. The third-order valence-corrected chi connectivity index (χ3v) is 5.63. The van der Waals surface area contributed by atoms with Gasteiger partial charge in [-0.15, -0.1) is 11.3 Å². The van der Waals surface area contributed by atoms with Crippen LogP contribution in [0.1, 0.15) is 46.3 Å². The zero-order chi connectivity index (χ0) is 16.9. The second-order valence-electron chi connectivity index (χ2n) is 6.43. The van der Waals surface area contributed by atoms with Gasteiger partial charge in [-0.3, -0.25) is 9.69 Å². The summed E-state index contributed by atoms with van der Waals surface area (Å²) in [4.78, 5) is 19.9. The van der Waals surface area contributed by atoms with E-state index in [0.29, 0.717) is 0 Å². The van der Waals surface area contributed by atoms with Crippen molar-refractivity contribution in [3.8, 4) is 0 Å². The number of piperidine rings is 1. The van der Waals surface area contributed by atoms with Crippen LogP contribution in [0.25, 0.3) is 0 Å². The van der Waals surface area contributed by atoms with Gasteiger partial charge < -0.3 is 5.32 Å². The minimum Gasteiger partial charge on any atom is -0.348 e. The molecule has 1 fully saturated rings. The van der Waals surface area contributed by atoms with Crippen LogP contribution in [0.2, 0.25) is 0 Å². The highest BCUT2D eigenvalue weighted by atomic mass is 32.1. The Labute approximate surface area is 147 Å². The Hall–Kier alpha value is -1.72. The number of likely N-dealkylation sites (tertiary alicyclic amines) is 1. The van der Waals surface area contributed by atoms with Crippen LogP contribution < -0.4 is 5.32 Å². The molecular weight excluding hydrogens is 318 g/mol. The fraction of sp³-hybridized carbons (Fsp3) is 0.474. The van der Waals surface area contributed by atoms with E-state index in [1.165, 1.54) is 22.5 Å². The maximum absolute atomic E-state index is 12.4. The number of hydrogen-bond acceptors (Lipinski definition) is 4. The fourth-order valence-electron chi connectivity index (χ4n) is 3.22. The number of carbonyl (C=O) groups excluding carboxylic acids is 1. The highest BCUT2D eigenvalue weighted by Crippen LogP contribution is 2.18. The second-order valence-corrected chi connectivity index (χ2v) is 7.29. The van der Waals surface area contributed by atoms with Gasteiger partial charge >= 0.3 is 0 Å². The highest BCUT2D eigenvalue weighted by Gasteiger charge is 2.23. The first kappa shape index (κ1) is 17.1. The number of aromatic nitrogens is 1. The van der Waals surface area contributed by atoms with Crippen LogP contribution in [0, 0.1) is 6.92 Å². The molecule has 1 saturated heterocycles. The molecule has 0 radical (unpaired) electrons. The number of amides is 1. The van der Waals surface area contributed by atoms with Gasteiger partial charge in [-0.2, -0.15) is 0 Å². The van der Waals surface area contributed by atoms with Crippen molar-refractivity contribution in [3.63, 3.8) is 0 Å². The topological polar surface area (TPSA) is 45.2 Å². The molecule has 0 saturated carbocycles. The molecule has 1 N–H and O–H groups in total. The summed E-state index contributed by atoms with van der Waals surface area (Å²) < 4.78 is 0. The largest absolute Gasteiger partial charge is 0.348 e. The zero-order valence-corrected chi connectivity index (χ0v) is 15.2. The Morgan fingerprint density at radius 3 is 2.79 bits per heavy atom. The first-order chi connectivity index (χ1) is 11.7. The van der Waals surface area contributed by atoms with Crippen LogP contribution in [0.15, 0.2) is 29.8 Å². The number of aryl methyl sites for hydroxylation is 2. The standard InChI is InChI=1S/C19H25N3OS/c1-3-17-18(24-13-20-17)19(23)21-16-8-10-22(11-9-16)12-15-7-5-4-6-14(15)2/h4-7,13,16H,3,8-12H2,1-2H3,(H,21,23). The van der Waals surface area contributed by atoms with Crippen molar-refractivity contribution < 1.29 is 4.79 Å². The lowest BCUT2D eigenvalue weighted by Gasteiger charge is -2.32. The van der Waals surface area contributed by atoms with Crippen molar-refractivity contribution in [1.82, 2.24) is 15.2 Å². The number of thiazole rings is 1. The number of rotatable bonds is 5. The van der Waals surface area contributed by atoms with Gasteiger partial charge in [-0.1, -0.05) is 31.2 Å². The van der Waals surface area contributed by atoms with E-state index in [0.717, 1.165) is 49.5 Å². The van der Waals surface area contributed by atoms with Crippen LogP contribution in [0.3, 0.4) is 0 Å². The van der Waals surface area contributed by atoms with Crippen molar-refractivity contribution in [1.29, 1.82) is 0 Å². The smallest absolute Gasteiger partial charge is 0.263 e. The van der Waals surface area contributed by atoms with Gasteiger partial charge in [0.05, 0.1) is 11.2 Å². The summed E-state index contributed by atoms with van der Waals surface area (Å²) in [7, 11) is 0. The molecule has 24 heavy (non-hydrogen) atoms. The Kier molecular flexibility index (Phi) is 5.63. The van der Waals surface area contributed by atoms with Crippen LogP contribution in [0.5, 0.6) is 0 Å². The van der Waals surface area contributed by atoms with Gasteiger partial charge in [0.25, 0.3) is 5.91 Å². The molecule has 2 aromatic rings. The molecule has 0 aliphatic carbocycles. The molecule has 0 unspecified atom stereocenters. The molecule has 128 valence electrons. The van der Waals surface area contributed by atoms with E-state index in [2.05, 4.69) is 46.4 Å². The average molecular weight is 343 g/mol. The van der Waals surface area contributed by atoms with Crippen molar-refractivity contribution in [2.75, 3.05) is 13.1 Å². The summed E-state index contributed by atoms with van der Waals surface area (Å²) in [5.74, 6) is 0.0479. The van der Waals surface area contributed by atoms with Crippen LogP contribution in [0.4, 0.5) is 0 Å². The summed E-state index contributed by atoms with van der Waals surface area (Å²) in [6.07, 6.45) is 2.83. The summed E-state index contributed by atoms with van der Waals surface area (Å²) >= 11 is 1.44. The average Bonchev–Trinajstić information content (AvgIpc) is 3.07. The first-order valence-electron chi connectivity index (χ1n) is 8.67. The van der Waals surface area contributed by atoms with Gasteiger partial charge in [-0.05, 0) is 37.3 Å². The SMILES string of the molecule is CCc1ncsc1C(=O)NC1CCN(Cc2ccccc2C)CC1. The molecule has 0 bridgehead atoms. The third kappa shape index (κ3) is 4.02. The molecule has 0 spiro atoms. The Morgan fingerprint density at radius 2 is 2.08 bits per heavy atom. The van der Waals surface area contributed by atoms with E-state index in [-0.39, 0.29) is 11.9 Å². The summed E-state index contributed by atoms with van der Waals surface area (Å²) in [5.41, 5.74) is 5.43. The summed E-state index contributed by atoms with van der Waals surface area (Å²) in [6, 6.07) is 8.85. The Bertz CT molecular complexity index is 689. The monoisotopic (exact) mass is 343 g/mol. The lowest BCUT2D eigenvalue weighted by atomic mass is 10.0. The molecule has 2 heterocycles. The molecular formula is C19H25N3OS. The Morgan fingerprint density at radius 1 is 1.33 bits per heavy atom. The second kappa shape index (κ2) is 7.90. The predicted octanol–water partition coefficient (Wildman–Crippen LogP) is 3.41. The molecule has 1 aromatic carbocycles. The van der Waals surface area contributed by atoms with Gasteiger partial charge in [-0.25, -0.2) is 4.98 Å². The van der Waals surface area contributed by atoms with Crippen molar-refractivity contribution in [3.05, 3.63) is 51.5 Å². The number of carbonyl (C=O) groups is 1. The van der Waals surface area contributed by atoms with Crippen LogP contribution >= 0.6 is 11.3 Å². The maximum atomic E-state index is 12.4. The van der Waals surface area contributed by atoms with E-state index in [1.807, 2.05) is 6.92 Å². The molecule has 1 aromatic heterocycles. The number of benzene rings is 1. The van der Waals surface area contributed by atoms with Crippen molar-refractivity contribution in [2.45, 2.75) is 45.7 Å². The van der Waals surface area contributed by atoms with Crippen molar-refractivity contribution >= 4 is 17.2 Å². The predicted molar refractivity (Wildman–Crippen MR) is 98.4 cm³/mol. The molecule has 3 rings (SSSR count). The van der Waals surface area contributed by atoms with E-state index in [4.69, 9.17) is 0 Å². The van der Waals surface area contributed by atoms with E-state index in [1.54, 1.807) is 5.51 Å². The summed E-state index contributed by atoms with van der Waals surface area (Å²) in [6.45, 7) is 7.27. The number of nitrogens with zero attached hydrogens (tertiary/aromatic N) is 2. The van der Waals surface area contributed by atoms with Crippen LogP contribution in [-0.2, 0) is 13.0 Å². The third-order valence-electron chi connectivity index (χ3n) is 4.76. The van der Waals surface area contributed by atoms with E-state index >= 15 is 0 Å². The first-order valence-corrected chi connectivity index (χ1v) is 9.55. The highest BCUT2D eigenvalue weighted by molar-refractivity contribution is 7.11. The maximum Gasteiger partial charge on any atom is 0.263 e. The normalized spacial score (nSPS) is 16.2. The number of nitrogens with one attached hydrogen (secondary N) is 1. The van der Waals surface area contributed by atoms with E-state index in [9.17, 15) is 4.79 Å². The van der Waals surface area contributed by atoms with Crippen LogP contribution in [-0.4, -0.2) is 34.9 Å². The van der Waals surface area contributed by atoms with Gasteiger partial charge in [0.1, 0.15) is 4.88 Å². The fourth-order valence-corrected chi connectivity index (χ4v) is 4.00. The molecule has 1 aliphatic rings. The Balaban J connectivity index is 1.50. The van der Waals surface area contributed by atoms with Gasteiger partial charge in [0, 0.05) is 25.7 Å².